The molecule has 8 heteroatoms. The van der Waals surface area contributed by atoms with E-state index in [0.717, 1.165) is 0 Å². The maximum Gasteiger partial charge on any atom is 0.313 e. The van der Waals surface area contributed by atoms with E-state index in [4.69, 9.17) is 14.2 Å². The highest BCUT2D eigenvalue weighted by molar-refractivity contribution is 6.39. The Balaban J connectivity index is 1.60. The van der Waals surface area contributed by atoms with Crippen molar-refractivity contribution in [3.63, 3.8) is 0 Å². The number of carbonyl (C=O) groups is 2. The minimum absolute atomic E-state index is 0.126. The quantitative estimate of drug-likeness (QED) is 0.654. The highest BCUT2D eigenvalue weighted by Crippen LogP contribution is 2.35. The molecule has 148 valence electrons. The number of para-hydroxylation sites is 2. The van der Waals surface area contributed by atoms with Crippen molar-refractivity contribution in [1.82, 2.24) is 5.32 Å². The molecule has 2 amide bonds. The Bertz CT molecular complexity index is 881. The van der Waals surface area contributed by atoms with E-state index in [0.29, 0.717) is 35.1 Å². The van der Waals surface area contributed by atoms with Crippen LogP contribution in [0.1, 0.15) is 19.4 Å². The van der Waals surface area contributed by atoms with Gasteiger partial charge in [0.25, 0.3) is 0 Å². The Kier molecular flexibility index (Phi) is 5.70. The molecule has 2 aromatic rings. The minimum Gasteiger partial charge on any atom is -0.492 e. The van der Waals surface area contributed by atoms with Crippen LogP contribution in [-0.4, -0.2) is 36.9 Å². The van der Waals surface area contributed by atoms with Crippen molar-refractivity contribution in [3.8, 4) is 17.2 Å². The number of nitrogens with one attached hydrogen (secondary N) is 2. The number of fused-ring (bicyclic) bond motifs is 1. The number of hydrogen-bond donors (Lipinski definition) is 3. The van der Waals surface area contributed by atoms with E-state index >= 15 is 0 Å². The van der Waals surface area contributed by atoms with Crippen LogP contribution in [-0.2, 0) is 15.2 Å². The van der Waals surface area contributed by atoms with Gasteiger partial charge in [0, 0.05) is 0 Å². The molecule has 1 unspecified atom stereocenters. The first-order valence-electron chi connectivity index (χ1n) is 8.84. The number of carbonyl (C=O) groups excluding carboxylic acids is 2. The normalized spacial score (nSPS) is 14.1. The van der Waals surface area contributed by atoms with Crippen molar-refractivity contribution >= 4 is 17.5 Å². The molecule has 1 heterocycles. The Morgan fingerprint density at radius 3 is 2.68 bits per heavy atom. The van der Waals surface area contributed by atoms with Gasteiger partial charge in [-0.2, -0.15) is 0 Å². The van der Waals surface area contributed by atoms with E-state index in [1.165, 1.54) is 6.92 Å². The van der Waals surface area contributed by atoms with Crippen LogP contribution >= 0.6 is 0 Å². The third-order valence-electron chi connectivity index (χ3n) is 4.23. The molecule has 0 saturated carbocycles. The van der Waals surface area contributed by atoms with Gasteiger partial charge in [-0.05, 0) is 43.7 Å². The van der Waals surface area contributed by atoms with Crippen molar-refractivity contribution in [3.05, 3.63) is 48.0 Å². The maximum absolute atomic E-state index is 12.2. The Hall–Kier alpha value is -3.26. The van der Waals surface area contributed by atoms with Gasteiger partial charge in [0.15, 0.2) is 11.5 Å². The Morgan fingerprint density at radius 1 is 1.14 bits per heavy atom. The van der Waals surface area contributed by atoms with Gasteiger partial charge in [-0.15, -0.1) is 0 Å². The van der Waals surface area contributed by atoms with Crippen LogP contribution < -0.4 is 24.8 Å². The van der Waals surface area contributed by atoms with Crippen molar-refractivity contribution in [2.24, 2.45) is 0 Å². The summed E-state index contributed by atoms with van der Waals surface area (Å²) in [5, 5.41) is 15.6. The van der Waals surface area contributed by atoms with Gasteiger partial charge in [-0.1, -0.05) is 18.2 Å². The summed E-state index contributed by atoms with van der Waals surface area (Å²) in [5.74, 6) is -0.134. The number of amides is 2. The summed E-state index contributed by atoms with van der Waals surface area (Å²) in [6.07, 6.45) is 0. The molecule has 28 heavy (non-hydrogen) atoms. The molecule has 0 bridgehead atoms. The van der Waals surface area contributed by atoms with Crippen molar-refractivity contribution in [1.29, 1.82) is 0 Å². The Morgan fingerprint density at radius 2 is 1.89 bits per heavy atom. The van der Waals surface area contributed by atoms with Crippen LogP contribution in [0.15, 0.2) is 42.5 Å². The van der Waals surface area contributed by atoms with Gasteiger partial charge in [0.05, 0.1) is 18.8 Å². The maximum atomic E-state index is 12.2. The topological polar surface area (TPSA) is 106 Å². The average molecular weight is 386 g/mol. The summed E-state index contributed by atoms with van der Waals surface area (Å²) < 4.78 is 16.0. The monoisotopic (exact) mass is 386 g/mol. The van der Waals surface area contributed by atoms with Crippen molar-refractivity contribution in [2.45, 2.75) is 19.4 Å². The molecule has 0 spiro atoms. The molecular weight excluding hydrogens is 364 g/mol. The molecular formula is C20H22N2O6. The van der Waals surface area contributed by atoms with Gasteiger partial charge >= 0.3 is 11.8 Å². The lowest BCUT2D eigenvalue weighted by molar-refractivity contribution is -0.136. The summed E-state index contributed by atoms with van der Waals surface area (Å²) in [4.78, 5) is 24.3. The molecule has 0 radical (unpaired) electrons. The zero-order valence-electron chi connectivity index (χ0n) is 15.7. The third-order valence-corrected chi connectivity index (χ3v) is 4.23. The van der Waals surface area contributed by atoms with E-state index in [9.17, 15) is 14.7 Å². The van der Waals surface area contributed by atoms with Crippen LogP contribution in [0.2, 0.25) is 0 Å². The largest absolute Gasteiger partial charge is 0.492 e. The number of hydrogen-bond acceptors (Lipinski definition) is 6. The first-order valence-corrected chi connectivity index (χ1v) is 8.84. The van der Waals surface area contributed by atoms with E-state index in [-0.39, 0.29) is 13.3 Å². The highest BCUT2D eigenvalue weighted by Gasteiger charge is 2.28. The lowest BCUT2D eigenvalue weighted by atomic mass is 9.95. The van der Waals surface area contributed by atoms with E-state index in [2.05, 4.69) is 10.6 Å². The fraction of sp³-hybridized carbons (Fsp3) is 0.300. The zero-order chi connectivity index (χ0) is 20.1. The summed E-state index contributed by atoms with van der Waals surface area (Å²) in [6.45, 7) is 3.75. The van der Waals surface area contributed by atoms with E-state index in [1.807, 2.05) is 6.92 Å². The molecule has 0 saturated heterocycles. The van der Waals surface area contributed by atoms with Gasteiger partial charge < -0.3 is 30.0 Å². The van der Waals surface area contributed by atoms with Gasteiger partial charge in [-0.3, -0.25) is 9.59 Å². The molecule has 2 aromatic carbocycles. The molecule has 0 aromatic heterocycles. The van der Waals surface area contributed by atoms with Crippen LogP contribution in [0.5, 0.6) is 17.2 Å². The Labute approximate surface area is 162 Å². The van der Waals surface area contributed by atoms with Crippen LogP contribution in [0.3, 0.4) is 0 Å². The fourth-order valence-electron chi connectivity index (χ4n) is 2.70. The molecule has 8 nitrogen and oxygen atoms in total. The van der Waals surface area contributed by atoms with Gasteiger partial charge in [-0.25, -0.2) is 0 Å². The summed E-state index contributed by atoms with van der Waals surface area (Å²) in [5.41, 5.74) is -0.480. The molecule has 3 N–H and O–H groups in total. The second-order valence-electron chi connectivity index (χ2n) is 6.41. The predicted octanol–water partition coefficient (Wildman–Crippen LogP) is 1.78. The molecule has 0 aliphatic carbocycles. The van der Waals surface area contributed by atoms with E-state index in [1.54, 1.807) is 42.5 Å². The first-order chi connectivity index (χ1) is 13.4. The van der Waals surface area contributed by atoms with Crippen LogP contribution in [0.4, 0.5) is 5.69 Å². The number of benzene rings is 2. The second-order valence-corrected chi connectivity index (χ2v) is 6.41. The third kappa shape index (κ3) is 4.34. The predicted molar refractivity (Wildman–Crippen MR) is 101 cm³/mol. The van der Waals surface area contributed by atoms with Gasteiger partial charge in [0.1, 0.15) is 11.4 Å². The molecule has 3 rings (SSSR count). The smallest absolute Gasteiger partial charge is 0.313 e. The highest BCUT2D eigenvalue weighted by atomic mass is 16.7. The van der Waals surface area contributed by atoms with Crippen molar-refractivity contribution in [2.75, 3.05) is 25.3 Å². The average Bonchev–Trinajstić information content (AvgIpc) is 3.15. The minimum atomic E-state index is -1.40. The lowest BCUT2D eigenvalue weighted by Crippen LogP contribution is -2.43. The zero-order valence-corrected chi connectivity index (χ0v) is 15.7. The van der Waals surface area contributed by atoms with Crippen molar-refractivity contribution < 1.29 is 28.9 Å². The summed E-state index contributed by atoms with van der Waals surface area (Å²) >= 11 is 0. The SMILES string of the molecule is CCOc1ccccc1NC(=O)C(=O)NCC(C)(O)c1ccc2c(c1)OCO2. The lowest BCUT2D eigenvalue weighted by Gasteiger charge is -2.24. The van der Waals surface area contributed by atoms with E-state index < -0.39 is 17.4 Å². The summed E-state index contributed by atoms with van der Waals surface area (Å²) in [6, 6.07) is 11.8. The molecule has 1 aliphatic heterocycles. The molecule has 1 atom stereocenters. The standard InChI is InChI=1S/C20H22N2O6/c1-3-26-15-7-5-4-6-14(15)22-19(24)18(23)21-11-20(2,25)13-8-9-16-17(10-13)28-12-27-16/h4-10,25H,3,11-12H2,1-2H3,(H,21,23)(H,22,24). The number of aliphatic hydroxyl groups is 1. The fourth-order valence-corrected chi connectivity index (χ4v) is 2.70. The number of anilines is 1. The van der Waals surface area contributed by atoms with Crippen LogP contribution in [0.25, 0.3) is 0 Å². The molecule has 0 fully saturated rings. The van der Waals surface area contributed by atoms with Crippen LogP contribution in [0, 0.1) is 0 Å². The summed E-state index contributed by atoms with van der Waals surface area (Å²) in [7, 11) is 0. The first kappa shape index (κ1) is 19.5. The number of rotatable bonds is 6. The number of ether oxygens (including phenoxy) is 3. The second kappa shape index (κ2) is 8.18. The van der Waals surface area contributed by atoms with Gasteiger partial charge in [0.2, 0.25) is 6.79 Å². The molecule has 1 aliphatic rings.